The lowest BCUT2D eigenvalue weighted by Gasteiger charge is -2.17. The Kier molecular flexibility index (Phi) is 8.47. The fraction of sp³-hybridized carbons (Fsp3) is 0.128. The lowest BCUT2D eigenvalue weighted by atomic mass is 9.91. The monoisotopic (exact) mass is 597 g/mol. The molecule has 45 heavy (non-hydrogen) atoms. The molecule has 6 rings (SSSR count). The molecule has 0 atom stereocenters. The van der Waals surface area contributed by atoms with Crippen molar-refractivity contribution in [1.29, 1.82) is 0 Å². The normalized spacial score (nSPS) is 10.8. The maximum absolute atomic E-state index is 5.54. The van der Waals surface area contributed by atoms with Gasteiger partial charge >= 0.3 is 0 Å². The molecule has 0 aliphatic heterocycles. The highest BCUT2D eigenvalue weighted by atomic mass is 16.5. The van der Waals surface area contributed by atoms with Gasteiger partial charge in [-0.05, 0) is 119 Å². The summed E-state index contributed by atoms with van der Waals surface area (Å²) >= 11 is 0. The Morgan fingerprint density at radius 3 is 0.822 bits per heavy atom. The largest absolute Gasteiger partial charge is 0.497 e. The number of rotatable bonds is 10. The summed E-state index contributed by atoms with van der Waals surface area (Å²) < 4.78 is 30.0. The summed E-state index contributed by atoms with van der Waals surface area (Å²) in [5.41, 5.74) is 9.38. The van der Waals surface area contributed by atoms with Crippen LogP contribution in [0.25, 0.3) is 50.5 Å². The van der Waals surface area contributed by atoms with E-state index in [9.17, 15) is 0 Å². The van der Waals surface area contributed by atoms with Crippen LogP contribution in [0.15, 0.2) is 121 Å². The minimum atomic E-state index is 0.786. The van der Waals surface area contributed by atoms with Crippen molar-refractivity contribution in [3.63, 3.8) is 0 Å². The van der Waals surface area contributed by atoms with Crippen LogP contribution in [0.4, 0.5) is 0 Å². The summed E-state index contributed by atoms with van der Waals surface area (Å²) in [5, 5.41) is 0. The average Bonchev–Trinajstić information content (AvgIpc) is 3.47. The summed E-state index contributed by atoms with van der Waals surface area (Å²) in [5.74, 6) is 3.95. The molecule has 0 aliphatic carbocycles. The van der Waals surface area contributed by atoms with Crippen molar-refractivity contribution in [3.8, 4) is 79.2 Å². The average molecular weight is 598 g/mol. The molecule has 1 aromatic heterocycles. The highest BCUT2D eigenvalue weighted by molar-refractivity contribution is 6.03. The van der Waals surface area contributed by atoms with Gasteiger partial charge in [0.1, 0.15) is 28.7 Å². The van der Waals surface area contributed by atoms with E-state index in [0.717, 1.165) is 79.2 Å². The molecule has 0 N–H and O–H groups in total. The van der Waals surface area contributed by atoms with E-state index >= 15 is 0 Å². The highest BCUT2D eigenvalue weighted by Gasteiger charge is 2.28. The molecule has 0 saturated carbocycles. The first-order chi connectivity index (χ1) is 22.1. The first-order valence-corrected chi connectivity index (χ1v) is 14.6. The van der Waals surface area contributed by atoms with Gasteiger partial charge in [-0.3, -0.25) is 0 Å². The van der Waals surface area contributed by atoms with Gasteiger partial charge in [0, 0.05) is 16.8 Å². The van der Waals surface area contributed by atoms with Crippen LogP contribution in [0.5, 0.6) is 28.7 Å². The first-order valence-electron chi connectivity index (χ1n) is 14.6. The van der Waals surface area contributed by atoms with Crippen molar-refractivity contribution in [3.05, 3.63) is 121 Å². The molecule has 226 valence electrons. The molecule has 0 bridgehead atoms. The van der Waals surface area contributed by atoms with Crippen LogP contribution in [-0.4, -0.2) is 40.1 Å². The Bertz CT molecular complexity index is 1530. The number of nitrogens with zero attached hydrogens (tertiary/aromatic N) is 1. The zero-order valence-electron chi connectivity index (χ0n) is 26.0. The number of hydrogen-bond donors (Lipinski definition) is 0. The van der Waals surface area contributed by atoms with Gasteiger partial charge in [0.15, 0.2) is 0 Å². The Morgan fingerprint density at radius 1 is 0.311 bits per heavy atom. The third-order valence-corrected chi connectivity index (χ3v) is 7.99. The number of benzene rings is 5. The minimum Gasteiger partial charge on any atom is -0.497 e. The molecular weight excluding hydrogens is 562 g/mol. The molecule has 1 heterocycles. The third kappa shape index (κ3) is 5.70. The quantitative estimate of drug-likeness (QED) is 0.158. The van der Waals surface area contributed by atoms with E-state index in [-0.39, 0.29) is 0 Å². The summed E-state index contributed by atoms with van der Waals surface area (Å²) in [4.78, 5) is 0. The van der Waals surface area contributed by atoms with E-state index in [1.54, 1.807) is 35.5 Å². The number of hydrogen-bond acceptors (Lipinski definition) is 5. The van der Waals surface area contributed by atoms with Gasteiger partial charge in [0.25, 0.3) is 0 Å². The Morgan fingerprint density at radius 2 is 0.556 bits per heavy atom. The predicted octanol–water partition coefficient (Wildman–Crippen LogP) is 9.19. The van der Waals surface area contributed by atoms with Crippen molar-refractivity contribution in [2.45, 2.75) is 0 Å². The van der Waals surface area contributed by atoms with Crippen LogP contribution in [0.2, 0.25) is 0 Å². The SMILES string of the molecule is COc1ccc(-c2c(-c3ccc(OC)cc3)c(-c3ccc(OC)cc3)n(-c3ccc(OC)cc3)c2-c2ccc(OC)cc2)cc1. The lowest BCUT2D eigenvalue weighted by molar-refractivity contribution is 0.414. The standard InChI is InChI=1S/C39H35NO5/c1-41-31-16-6-26(7-17-31)36-37(27-8-18-32(42-2)19-9-27)39(29-12-22-34(44-4)23-13-29)40(30-14-24-35(45-5)25-15-30)38(36)28-10-20-33(43-3)21-11-28/h6-25H,1-5H3. The van der Waals surface area contributed by atoms with Gasteiger partial charge in [-0.2, -0.15) is 0 Å². The summed E-state index contributed by atoms with van der Waals surface area (Å²) in [6.45, 7) is 0. The van der Waals surface area contributed by atoms with Gasteiger partial charge < -0.3 is 28.3 Å². The second kappa shape index (κ2) is 12.9. The van der Waals surface area contributed by atoms with E-state index in [2.05, 4.69) is 65.2 Å². The van der Waals surface area contributed by atoms with Crippen LogP contribution >= 0.6 is 0 Å². The number of aromatic nitrogens is 1. The molecule has 6 aromatic rings. The molecule has 0 amide bonds. The zero-order chi connectivity index (χ0) is 31.3. The van der Waals surface area contributed by atoms with Gasteiger partial charge in [0.2, 0.25) is 0 Å². The Hall–Kier alpha value is -5.62. The van der Waals surface area contributed by atoms with E-state index in [4.69, 9.17) is 23.7 Å². The summed E-state index contributed by atoms with van der Waals surface area (Å²) in [6, 6.07) is 41.1. The van der Waals surface area contributed by atoms with E-state index in [0.29, 0.717) is 0 Å². The number of ether oxygens (including phenoxy) is 5. The van der Waals surface area contributed by atoms with Crippen molar-refractivity contribution in [2.75, 3.05) is 35.5 Å². The fourth-order valence-corrected chi connectivity index (χ4v) is 5.68. The topological polar surface area (TPSA) is 51.1 Å². The van der Waals surface area contributed by atoms with E-state index < -0.39 is 0 Å². The molecular formula is C39H35NO5. The third-order valence-electron chi connectivity index (χ3n) is 7.99. The summed E-state index contributed by atoms with van der Waals surface area (Å²) in [6.07, 6.45) is 0. The van der Waals surface area contributed by atoms with Crippen LogP contribution in [0.3, 0.4) is 0 Å². The number of methoxy groups -OCH3 is 5. The molecule has 0 fully saturated rings. The van der Waals surface area contributed by atoms with Gasteiger partial charge in [-0.1, -0.05) is 24.3 Å². The Balaban J connectivity index is 1.80. The maximum Gasteiger partial charge on any atom is 0.119 e. The van der Waals surface area contributed by atoms with Crippen molar-refractivity contribution in [1.82, 2.24) is 4.57 Å². The first kappa shape index (κ1) is 29.5. The van der Waals surface area contributed by atoms with Crippen LogP contribution in [0.1, 0.15) is 0 Å². The highest BCUT2D eigenvalue weighted by Crippen LogP contribution is 2.50. The van der Waals surface area contributed by atoms with Gasteiger partial charge in [-0.25, -0.2) is 0 Å². The molecule has 0 saturated heterocycles. The molecule has 0 spiro atoms. The van der Waals surface area contributed by atoms with Crippen LogP contribution < -0.4 is 23.7 Å². The van der Waals surface area contributed by atoms with Gasteiger partial charge in [-0.15, -0.1) is 0 Å². The van der Waals surface area contributed by atoms with Crippen molar-refractivity contribution in [2.24, 2.45) is 0 Å². The molecule has 0 radical (unpaired) electrons. The molecule has 6 heteroatoms. The Labute approximate surface area is 264 Å². The molecule has 0 aliphatic rings. The van der Waals surface area contributed by atoms with E-state index in [1.807, 2.05) is 60.7 Å². The maximum atomic E-state index is 5.54. The summed E-state index contributed by atoms with van der Waals surface area (Å²) in [7, 11) is 8.41. The predicted molar refractivity (Wildman–Crippen MR) is 180 cm³/mol. The molecule has 0 unspecified atom stereocenters. The van der Waals surface area contributed by atoms with Crippen molar-refractivity contribution >= 4 is 0 Å². The minimum absolute atomic E-state index is 0.786. The van der Waals surface area contributed by atoms with E-state index in [1.165, 1.54) is 0 Å². The molecule has 5 aromatic carbocycles. The second-order valence-electron chi connectivity index (χ2n) is 10.4. The van der Waals surface area contributed by atoms with Crippen LogP contribution in [0, 0.1) is 0 Å². The fourth-order valence-electron chi connectivity index (χ4n) is 5.68. The molecule has 6 nitrogen and oxygen atoms in total. The zero-order valence-corrected chi connectivity index (χ0v) is 26.0. The second-order valence-corrected chi connectivity index (χ2v) is 10.4. The van der Waals surface area contributed by atoms with Crippen LogP contribution in [-0.2, 0) is 0 Å². The van der Waals surface area contributed by atoms with Gasteiger partial charge in [0.05, 0.1) is 46.9 Å². The van der Waals surface area contributed by atoms with Crippen molar-refractivity contribution < 1.29 is 23.7 Å². The lowest BCUT2D eigenvalue weighted by Crippen LogP contribution is -2.01. The smallest absolute Gasteiger partial charge is 0.119 e.